The molecule has 1 aromatic heterocycles. The molecule has 4 rings (SSSR count). The Bertz CT molecular complexity index is 726. The zero-order valence-electron chi connectivity index (χ0n) is 17.6. The number of nitrogens with zero attached hydrogens (tertiary/aromatic N) is 5. The van der Waals surface area contributed by atoms with Crippen LogP contribution in [0.4, 0.5) is 25.1 Å². The van der Waals surface area contributed by atoms with Gasteiger partial charge in [0.2, 0.25) is 0 Å². The van der Waals surface area contributed by atoms with E-state index in [9.17, 15) is 13.6 Å². The number of hydrogen-bond acceptors (Lipinski definition) is 6. The minimum absolute atomic E-state index is 0.0411. The molecule has 0 N–H and O–H groups in total. The highest BCUT2D eigenvalue weighted by molar-refractivity contribution is 5.87. The van der Waals surface area contributed by atoms with Gasteiger partial charge in [-0.05, 0) is 18.9 Å². The summed E-state index contributed by atoms with van der Waals surface area (Å²) in [5.41, 5.74) is 0.672. The van der Waals surface area contributed by atoms with Crippen molar-refractivity contribution in [2.45, 2.75) is 50.5 Å². The van der Waals surface area contributed by atoms with Crippen LogP contribution >= 0.6 is 0 Å². The average Bonchev–Trinajstić information content (AvgIpc) is 3.30. The van der Waals surface area contributed by atoms with Crippen molar-refractivity contribution in [3.8, 4) is 0 Å². The van der Waals surface area contributed by atoms with Crippen LogP contribution in [0, 0.1) is 0 Å². The number of carbonyl (C=O) groups is 1. The second-order valence-electron chi connectivity index (χ2n) is 8.53. The number of aromatic nitrogens is 1. The molecule has 0 aromatic carbocycles. The van der Waals surface area contributed by atoms with Crippen LogP contribution in [-0.4, -0.2) is 79.3 Å². The molecule has 9 heteroatoms. The predicted molar refractivity (Wildman–Crippen MR) is 111 cm³/mol. The van der Waals surface area contributed by atoms with Crippen LogP contribution in [-0.2, 0) is 4.84 Å². The van der Waals surface area contributed by atoms with E-state index in [1.54, 1.807) is 19.3 Å². The molecule has 2 aliphatic heterocycles. The van der Waals surface area contributed by atoms with Crippen LogP contribution in [0.3, 0.4) is 0 Å². The van der Waals surface area contributed by atoms with E-state index in [2.05, 4.69) is 14.8 Å². The number of hydrogen-bond donors (Lipinski definition) is 0. The first-order chi connectivity index (χ1) is 14.4. The molecule has 0 bridgehead atoms. The fraction of sp³-hybridized carbons (Fsp3) is 0.714. The van der Waals surface area contributed by atoms with Crippen LogP contribution in [0.2, 0.25) is 0 Å². The number of amides is 1. The highest BCUT2D eigenvalue weighted by Gasteiger charge is 2.36. The fourth-order valence-corrected chi connectivity index (χ4v) is 4.56. The standard InChI is InChI=1S/C21H31F2N5O2/c1-25(20(29)30-28-10-7-21(22,23)8-11-28)18-6-9-24-19(16-18)27-14-12-26(13-15-27)17-4-2-3-5-17/h6,9,16-17H,2-5,7-8,10-15H2,1H3. The SMILES string of the molecule is CN(C(=O)ON1CCC(F)(F)CC1)c1ccnc(N2CCN(C3CCCC3)CC2)c1. The first kappa shape index (κ1) is 21.2. The third kappa shape index (κ3) is 5.00. The van der Waals surface area contributed by atoms with E-state index in [1.165, 1.54) is 35.6 Å². The summed E-state index contributed by atoms with van der Waals surface area (Å²) in [5.74, 6) is -1.83. The molecule has 3 aliphatic rings. The molecule has 166 valence electrons. The lowest BCUT2D eigenvalue weighted by molar-refractivity contribution is -0.159. The molecule has 3 fully saturated rings. The maximum atomic E-state index is 13.3. The number of pyridine rings is 1. The number of rotatable bonds is 4. The summed E-state index contributed by atoms with van der Waals surface area (Å²) in [6.07, 6.45) is 5.84. The van der Waals surface area contributed by atoms with Crippen molar-refractivity contribution in [1.82, 2.24) is 14.9 Å². The van der Waals surface area contributed by atoms with Crippen molar-refractivity contribution in [2.24, 2.45) is 0 Å². The van der Waals surface area contributed by atoms with Gasteiger partial charge in [-0.1, -0.05) is 12.8 Å². The van der Waals surface area contributed by atoms with Gasteiger partial charge >= 0.3 is 6.09 Å². The summed E-state index contributed by atoms with van der Waals surface area (Å²) in [4.78, 5) is 28.5. The van der Waals surface area contributed by atoms with Gasteiger partial charge in [0.05, 0.1) is 5.69 Å². The zero-order chi connectivity index (χ0) is 21.1. The molecule has 0 spiro atoms. The Morgan fingerprint density at radius 1 is 1.13 bits per heavy atom. The first-order valence-corrected chi connectivity index (χ1v) is 10.9. The number of carbonyl (C=O) groups excluding carboxylic acids is 1. The van der Waals surface area contributed by atoms with Gasteiger partial charge in [-0.3, -0.25) is 9.80 Å². The number of hydroxylamine groups is 2. The molecule has 1 saturated carbocycles. The molecule has 0 unspecified atom stereocenters. The summed E-state index contributed by atoms with van der Waals surface area (Å²) < 4.78 is 26.6. The van der Waals surface area contributed by atoms with Gasteiger partial charge in [-0.25, -0.2) is 18.6 Å². The molecule has 0 atom stereocenters. The number of piperidine rings is 1. The second kappa shape index (κ2) is 9.01. The van der Waals surface area contributed by atoms with Crippen LogP contribution in [0.5, 0.6) is 0 Å². The van der Waals surface area contributed by atoms with Crippen LogP contribution in [0.15, 0.2) is 18.3 Å². The third-order valence-electron chi connectivity index (χ3n) is 6.53. The Morgan fingerprint density at radius 2 is 1.80 bits per heavy atom. The minimum Gasteiger partial charge on any atom is -0.354 e. The van der Waals surface area contributed by atoms with Crippen LogP contribution in [0.25, 0.3) is 0 Å². The normalized spacial score (nSPS) is 23.5. The molecular weight excluding hydrogens is 392 g/mol. The van der Waals surface area contributed by atoms with E-state index >= 15 is 0 Å². The van der Waals surface area contributed by atoms with Gasteiger partial charge in [0.1, 0.15) is 5.82 Å². The lowest BCUT2D eigenvalue weighted by Gasteiger charge is -2.38. The number of piperazine rings is 1. The molecule has 1 amide bonds. The summed E-state index contributed by atoms with van der Waals surface area (Å²) >= 11 is 0. The summed E-state index contributed by atoms with van der Waals surface area (Å²) in [7, 11) is 1.62. The highest BCUT2D eigenvalue weighted by Crippen LogP contribution is 2.29. The second-order valence-corrected chi connectivity index (χ2v) is 8.53. The lowest BCUT2D eigenvalue weighted by Crippen LogP contribution is -2.50. The van der Waals surface area contributed by atoms with Gasteiger partial charge < -0.3 is 9.74 Å². The van der Waals surface area contributed by atoms with Crippen molar-refractivity contribution in [2.75, 3.05) is 56.1 Å². The molecule has 1 aromatic rings. The third-order valence-corrected chi connectivity index (χ3v) is 6.53. The number of alkyl halides is 2. The molecule has 0 radical (unpaired) electrons. The van der Waals surface area contributed by atoms with E-state index in [-0.39, 0.29) is 25.9 Å². The minimum atomic E-state index is -2.67. The van der Waals surface area contributed by atoms with Crippen molar-refractivity contribution in [1.29, 1.82) is 0 Å². The Labute approximate surface area is 176 Å². The molecular formula is C21H31F2N5O2. The predicted octanol–water partition coefficient (Wildman–Crippen LogP) is 3.37. The first-order valence-electron chi connectivity index (χ1n) is 10.9. The Kier molecular flexibility index (Phi) is 6.38. The lowest BCUT2D eigenvalue weighted by atomic mass is 10.1. The summed E-state index contributed by atoms with van der Waals surface area (Å²) in [6, 6.07) is 4.38. The maximum Gasteiger partial charge on any atom is 0.433 e. The van der Waals surface area contributed by atoms with Gasteiger partial charge in [-0.15, -0.1) is 5.06 Å². The quantitative estimate of drug-likeness (QED) is 0.740. The van der Waals surface area contributed by atoms with E-state index in [0.29, 0.717) is 5.69 Å². The van der Waals surface area contributed by atoms with E-state index in [4.69, 9.17) is 4.84 Å². The Hall–Kier alpha value is -2.00. The van der Waals surface area contributed by atoms with Crippen molar-refractivity contribution in [3.63, 3.8) is 0 Å². The number of halogens is 2. The van der Waals surface area contributed by atoms with Gasteiger partial charge in [0.15, 0.2) is 0 Å². The smallest absolute Gasteiger partial charge is 0.354 e. The molecule has 7 nitrogen and oxygen atoms in total. The largest absolute Gasteiger partial charge is 0.433 e. The maximum absolute atomic E-state index is 13.3. The zero-order valence-corrected chi connectivity index (χ0v) is 17.6. The average molecular weight is 424 g/mol. The topological polar surface area (TPSA) is 52.2 Å². The molecule has 30 heavy (non-hydrogen) atoms. The Balaban J connectivity index is 1.32. The van der Waals surface area contributed by atoms with Crippen LogP contribution in [0.1, 0.15) is 38.5 Å². The summed E-state index contributed by atoms with van der Waals surface area (Å²) in [6.45, 7) is 3.99. The van der Waals surface area contributed by atoms with Gasteiger partial charge in [-0.2, -0.15) is 0 Å². The van der Waals surface area contributed by atoms with Crippen molar-refractivity contribution in [3.05, 3.63) is 18.3 Å². The monoisotopic (exact) mass is 423 g/mol. The van der Waals surface area contributed by atoms with Crippen LogP contribution < -0.4 is 9.80 Å². The van der Waals surface area contributed by atoms with Crippen molar-refractivity contribution < 1.29 is 18.4 Å². The van der Waals surface area contributed by atoms with Gasteiger partial charge in [0, 0.05) is 77.5 Å². The highest BCUT2D eigenvalue weighted by atomic mass is 19.3. The molecule has 3 heterocycles. The fourth-order valence-electron chi connectivity index (χ4n) is 4.56. The van der Waals surface area contributed by atoms with Crippen molar-refractivity contribution >= 4 is 17.6 Å². The van der Waals surface area contributed by atoms with Gasteiger partial charge in [0.25, 0.3) is 5.92 Å². The molecule has 1 aliphatic carbocycles. The van der Waals surface area contributed by atoms with E-state index in [1.807, 2.05) is 6.07 Å². The van der Waals surface area contributed by atoms with E-state index in [0.717, 1.165) is 38.0 Å². The number of anilines is 2. The van der Waals surface area contributed by atoms with E-state index < -0.39 is 12.0 Å². The molecule has 2 saturated heterocycles. The summed E-state index contributed by atoms with van der Waals surface area (Å²) in [5, 5.41) is 1.32. The Morgan fingerprint density at radius 3 is 2.47 bits per heavy atom.